The maximum atomic E-state index is 12.6. The Hall–Kier alpha value is 0.220. The molecule has 5 heteroatoms. The molecule has 1 heterocycles. The first-order valence-corrected chi connectivity index (χ1v) is 5.76. The normalized spacial score (nSPS) is 10.9. The second-order valence-corrected chi connectivity index (χ2v) is 4.25. The highest BCUT2D eigenvalue weighted by Gasteiger charge is 2.17. The summed E-state index contributed by atoms with van der Waals surface area (Å²) in [5.41, 5.74) is 1.36. The number of halogens is 4. The fraction of sp³-hybridized carbons (Fsp3) is 0.375. The Morgan fingerprint density at radius 1 is 1.62 bits per heavy atom. The monoisotopic (exact) mass is 361 g/mol. The van der Waals surface area contributed by atoms with Crippen molar-refractivity contribution in [1.29, 1.82) is 0 Å². The largest absolute Gasteiger partial charge is 0.265 e. The van der Waals surface area contributed by atoms with E-state index in [1.165, 1.54) is 6.20 Å². The van der Waals surface area contributed by atoms with Crippen molar-refractivity contribution in [2.24, 2.45) is 0 Å². The van der Waals surface area contributed by atoms with E-state index in [0.717, 1.165) is 0 Å². The molecule has 0 saturated heterocycles. The van der Waals surface area contributed by atoms with Crippen LogP contribution in [0, 0.1) is 10.5 Å². The van der Waals surface area contributed by atoms with Gasteiger partial charge in [0.15, 0.2) is 0 Å². The minimum Gasteiger partial charge on any atom is -0.259 e. The zero-order chi connectivity index (χ0) is 10.0. The van der Waals surface area contributed by atoms with E-state index in [4.69, 9.17) is 0 Å². The summed E-state index contributed by atoms with van der Waals surface area (Å²) in [5.74, 6) is 0. The Labute approximate surface area is 97.2 Å². The van der Waals surface area contributed by atoms with E-state index in [2.05, 4.69) is 20.9 Å². The predicted octanol–water partition coefficient (Wildman–Crippen LogP) is 3.83. The van der Waals surface area contributed by atoms with Crippen LogP contribution in [0.2, 0.25) is 0 Å². The van der Waals surface area contributed by atoms with Crippen LogP contribution >= 0.6 is 38.5 Å². The molecular formula is C8H7BrF2IN. The third-order valence-electron chi connectivity index (χ3n) is 1.77. The minimum atomic E-state index is -2.42. The zero-order valence-electron chi connectivity index (χ0n) is 6.82. The van der Waals surface area contributed by atoms with Crippen molar-refractivity contribution < 1.29 is 8.78 Å². The standard InChI is InChI=1S/C8H7BrF2IN/c1-4-6(2-9)13-3-5(12)7(4)8(10)11/h3,8H,2H2,1H3. The van der Waals surface area contributed by atoms with E-state index in [-0.39, 0.29) is 5.56 Å². The summed E-state index contributed by atoms with van der Waals surface area (Å²) >= 11 is 5.08. The molecule has 0 amide bonds. The molecule has 0 spiro atoms. The van der Waals surface area contributed by atoms with Gasteiger partial charge in [-0.1, -0.05) is 15.9 Å². The maximum absolute atomic E-state index is 12.6. The summed E-state index contributed by atoms with van der Waals surface area (Å²) in [7, 11) is 0. The van der Waals surface area contributed by atoms with Crippen LogP contribution in [-0.4, -0.2) is 4.98 Å². The van der Waals surface area contributed by atoms with E-state index in [1.807, 2.05) is 22.6 Å². The number of aromatic nitrogens is 1. The molecule has 0 saturated carbocycles. The van der Waals surface area contributed by atoms with Crippen molar-refractivity contribution in [3.8, 4) is 0 Å². The SMILES string of the molecule is Cc1c(CBr)ncc(I)c1C(F)F. The van der Waals surface area contributed by atoms with Crippen LogP contribution in [0.5, 0.6) is 0 Å². The molecule has 0 bridgehead atoms. The average molecular weight is 362 g/mol. The highest BCUT2D eigenvalue weighted by molar-refractivity contribution is 14.1. The molecule has 1 nitrogen and oxygen atoms in total. The van der Waals surface area contributed by atoms with Gasteiger partial charge in [-0.05, 0) is 35.1 Å². The van der Waals surface area contributed by atoms with Gasteiger partial charge in [0.1, 0.15) is 0 Å². The molecule has 0 radical (unpaired) electrons. The summed E-state index contributed by atoms with van der Waals surface area (Å²) in [5, 5.41) is 0.509. The molecule has 1 aromatic rings. The topological polar surface area (TPSA) is 12.9 Å². The van der Waals surface area contributed by atoms with Gasteiger partial charge in [-0.15, -0.1) is 0 Å². The van der Waals surface area contributed by atoms with Gasteiger partial charge in [0.05, 0.1) is 5.69 Å². The Bertz CT molecular complexity index is 317. The van der Waals surface area contributed by atoms with Crippen LogP contribution in [0.1, 0.15) is 23.2 Å². The lowest BCUT2D eigenvalue weighted by Gasteiger charge is -2.09. The molecule has 0 aromatic carbocycles. The number of pyridine rings is 1. The van der Waals surface area contributed by atoms with Crippen molar-refractivity contribution in [3.05, 3.63) is 26.6 Å². The lowest BCUT2D eigenvalue weighted by Crippen LogP contribution is -2.00. The number of hydrogen-bond acceptors (Lipinski definition) is 1. The number of alkyl halides is 3. The Morgan fingerprint density at radius 2 is 2.23 bits per heavy atom. The lowest BCUT2D eigenvalue weighted by molar-refractivity contribution is 0.149. The molecule has 0 N–H and O–H groups in total. The predicted molar refractivity (Wildman–Crippen MR) is 59.3 cm³/mol. The molecule has 0 aliphatic carbocycles. The molecular weight excluding hydrogens is 355 g/mol. The first-order valence-electron chi connectivity index (χ1n) is 3.56. The number of nitrogens with zero attached hydrogens (tertiary/aromatic N) is 1. The van der Waals surface area contributed by atoms with Crippen molar-refractivity contribution in [2.75, 3.05) is 0 Å². The average Bonchev–Trinajstić information content (AvgIpc) is 2.04. The zero-order valence-corrected chi connectivity index (χ0v) is 10.6. The highest BCUT2D eigenvalue weighted by atomic mass is 127. The van der Waals surface area contributed by atoms with Gasteiger partial charge in [0.2, 0.25) is 0 Å². The van der Waals surface area contributed by atoms with E-state index in [1.54, 1.807) is 6.92 Å². The smallest absolute Gasteiger partial charge is 0.259 e. The number of hydrogen-bond donors (Lipinski definition) is 0. The summed E-state index contributed by atoms with van der Waals surface area (Å²) < 4.78 is 25.6. The highest BCUT2D eigenvalue weighted by Crippen LogP contribution is 2.29. The van der Waals surface area contributed by atoms with Gasteiger partial charge in [0.25, 0.3) is 6.43 Å². The fourth-order valence-electron chi connectivity index (χ4n) is 1.04. The van der Waals surface area contributed by atoms with Gasteiger partial charge >= 0.3 is 0 Å². The maximum Gasteiger partial charge on any atom is 0.265 e. The van der Waals surface area contributed by atoms with Gasteiger partial charge in [-0.2, -0.15) is 0 Å². The molecule has 0 aliphatic rings. The van der Waals surface area contributed by atoms with Gasteiger partial charge < -0.3 is 0 Å². The van der Waals surface area contributed by atoms with E-state index in [9.17, 15) is 8.78 Å². The van der Waals surface area contributed by atoms with Gasteiger partial charge in [-0.25, -0.2) is 8.78 Å². The molecule has 0 unspecified atom stereocenters. The summed E-state index contributed by atoms with van der Waals surface area (Å²) in [4.78, 5) is 4.05. The van der Waals surface area contributed by atoms with Crippen LogP contribution in [-0.2, 0) is 5.33 Å². The van der Waals surface area contributed by atoms with Crippen LogP contribution < -0.4 is 0 Å². The Kier molecular flexibility index (Phi) is 4.03. The second-order valence-electron chi connectivity index (χ2n) is 2.53. The van der Waals surface area contributed by atoms with Crippen molar-refractivity contribution >= 4 is 38.5 Å². The van der Waals surface area contributed by atoms with Gasteiger partial charge in [-0.3, -0.25) is 4.98 Å². The fourth-order valence-corrected chi connectivity index (χ4v) is 2.38. The molecule has 0 fully saturated rings. The molecule has 0 atom stereocenters. The third-order valence-corrected chi connectivity index (χ3v) is 3.16. The first kappa shape index (κ1) is 11.3. The van der Waals surface area contributed by atoms with Crippen LogP contribution in [0.4, 0.5) is 8.78 Å². The van der Waals surface area contributed by atoms with Gasteiger partial charge in [0, 0.05) is 20.7 Å². The van der Waals surface area contributed by atoms with Crippen LogP contribution in [0.25, 0.3) is 0 Å². The van der Waals surface area contributed by atoms with Crippen molar-refractivity contribution in [3.63, 3.8) is 0 Å². The lowest BCUT2D eigenvalue weighted by atomic mass is 10.1. The third kappa shape index (κ3) is 2.37. The molecule has 1 aromatic heterocycles. The Morgan fingerprint density at radius 3 is 2.69 bits per heavy atom. The van der Waals surface area contributed by atoms with E-state index in [0.29, 0.717) is 20.2 Å². The Balaban J connectivity index is 3.30. The number of rotatable bonds is 2. The quantitative estimate of drug-likeness (QED) is 0.576. The van der Waals surface area contributed by atoms with E-state index < -0.39 is 6.43 Å². The van der Waals surface area contributed by atoms with Crippen molar-refractivity contribution in [1.82, 2.24) is 4.98 Å². The second kappa shape index (κ2) is 4.63. The molecule has 72 valence electrons. The minimum absolute atomic E-state index is 0.102. The summed E-state index contributed by atoms with van der Waals surface area (Å²) in [6, 6.07) is 0. The first-order chi connectivity index (χ1) is 6.07. The molecule has 1 rings (SSSR count). The van der Waals surface area contributed by atoms with Crippen LogP contribution in [0.3, 0.4) is 0 Å². The molecule has 0 aliphatic heterocycles. The van der Waals surface area contributed by atoms with Crippen LogP contribution in [0.15, 0.2) is 6.20 Å². The summed E-state index contributed by atoms with van der Waals surface area (Å²) in [6.45, 7) is 1.67. The molecule has 13 heavy (non-hydrogen) atoms. The van der Waals surface area contributed by atoms with E-state index >= 15 is 0 Å². The summed E-state index contributed by atoms with van der Waals surface area (Å²) in [6.07, 6.45) is -0.946. The van der Waals surface area contributed by atoms with Crippen molar-refractivity contribution in [2.45, 2.75) is 18.7 Å².